The molecule has 0 aromatic heterocycles. The fraction of sp³-hybridized carbons (Fsp3) is 0.632. The summed E-state index contributed by atoms with van der Waals surface area (Å²) in [6.45, 7) is 3.27. The predicted molar refractivity (Wildman–Crippen MR) is 101 cm³/mol. The fourth-order valence-electron chi connectivity index (χ4n) is 3.01. The van der Waals surface area contributed by atoms with E-state index in [4.69, 9.17) is 10.5 Å². The first-order chi connectivity index (χ1) is 11.3. The average molecular weight is 355 g/mol. The molecule has 5 heteroatoms. The lowest BCUT2D eigenvalue weighted by molar-refractivity contribution is -0.132. The van der Waals surface area contributed by atoms with Gasteiger partial charge in [0.25, 0.3) is 0 Å². The second-order valence-corrected chi connectivity index (χ2v) is 6.40. The number of unbranched alkanes of at least 4 members (excludes halogenated alkanes) is 3. The molecule has 4 nitrogen and oxygen atoms in total. The molecule has 1 aliphatic rings. The molecule has 1 aromatic rings. The Morgan fingerprint density at radius 2 is 1.75 bits per heavy atom. The summed E-state index contributed by atoms with van der Waals surface area (Å²) < 4.78 is 5.83. The third-order valence-electron chi connectivity index (χ3n) is 4.54. The monoisotopic (exact) mass is 354 g/mol. The molecule has 1 aromatic carbocycles. The lowest BCUT2D eigenvalue weighted by atomic mass is 9.97. The fourth-order valence-corrected chi connectivity index (χ4v) is 3.01. The van der Waals surface area contributed by atoms with Crippen molar-refractivity contribution >= 4 is 18.3 Å². The summed E-state index contributed by atoms with van der Waals surface area (Å²) in [6.07, 6.45) is 7.11. The number of carbonyl (C=O) groups is 1. The minimum Gasteiger partial charge on any atom is -0.493 e. The van der Waals surface area contributed by atoms with Crippen LogP contribution in [0.1, 0.15) is 44.9 Å². The Balaban J connectivity index is 0.00000288. The van der Waals surface area contributed by atoms with E-state index in [1.807, 2.05) is 35.2 Å². The molecule has 1 amide bonds. The summed E-state index contributed by atoms with van der Waals surface area (Å²) in [4.78, 5) is 14.2. The zero-order valence-electron chi connectivity index (χ0n) is 14.5. The number of nitrogens with zero attached hydrogens (tertiary/aromatic N) is 1. The summed E-state index contributed by atoms with van der Waals surface area (Å²) in [7, 11) is 0. The van der Waals surface area contributed by atoms with Crippen LogP contribution in [0.2, 0.25) is 0 Å². The molecule has 136 valence electrons. The van der Waals surface area contributed by atoms with Crippen LogP contribution in [0.5, 0.6) is 5.75 Å². The Bertz CT molecular complexity index is 448. The van der Waals surface area contributed by atoms with Gasteiger partial charge in [-0.2, -0.15) is 0 Å². The number of halogens is 1. The van der Waals surface area contributed by atoms with Gasteiger partial charge in [-0.15, -0.1) is 12.4 Å². The van der Waals surface area contributed by atoms with Crippen molar-refractivity contribution in [2.24, 2.45) is 11.7 Å². The molecule has 2 N–H and O–H groups in total. The van der Waals surface area contributed by atoms with E-state index in [1.165, 1.54) is 0 Å². The van der Waals surface area contributed by atoms with Crippen LogP contribution in [0.3, 0.4) is 0 Å². The number of para-hydroxylation sites is 1. The maximum Gasteiger partial charge on any atom is 0.222 e. The first-order valence-corrected chi connectivity index (χ1v) is 8.95. The van der Waals surface area contributed by atoms with E-state index in [0.29, 0.717) is 18.2 Å². The van der Waals surface area contributed by atoms with Gasteiger partial charge in [0.1, 0.15) is 5.75 Å². The molecule has 1 fully saturated rings. The Kier molecular flexibility index (Phi) is 10.5. The zero-order chi connectivity index (χ0) is 16.3. The van der Waals surface area contributed by atoms with Gasteiger partial charge in [0.05, 0.1) is 6.61 Å². The van der Waals surface area contributed by atoms with Crippen LogP contribution in [-0.4, -0.2) is 37.0 Å². The quantitative estimate of drug-likeness (QED) is 0.689. The van der Waals surface area contributed by atoms with Gasteiger partial charge in [-0.3, -0.25) is 4.79 Å². The lowest BCUT2D eigenvalue weighted by Gasteiger charge is -2.32. The molecule has 1 aliphatic heterocycles. The number of rotatable bonds is 9. The Hall–Kier alpha value is -1.26. The summed E-state index contributed by atoms with van der Waals surface area (Å²) >= 11 is 0. The van der Waals surface area contributed by atoms with Crippen molar-refractivity contribution < 1.29 is 9.53 Å². The van der Waals surface area contributed by atoms with Crippen molar-refractivity contribution in [1.82, 2.24) is 4.90 Å². The summed E-state index contributed by atoms with van der Waals surface area (Å²) in [5.74, 6) is 1.81. The van der Waals surface area contributed by atoms with Gasteiger partial charge < -0.3 is 15.4 Å². The molecule has 0 bridgehead atoms. The molecular formula is C19H31ClN2O2. The first kappa shape index (κ1) is 20.8. The molecule has 0 radical (unpaired) electrons. The predicted octanol–water partition coefficient (Wildman–Crippen LogP) is 3.64. The van der Waals surface area contributed by atoms with E-state index in [9.17, 15) is 4.79 Å². The lowest BCUT2D eigenvalue weighted by Crippen LogP contribution is -2.39. The van der Waals surface area contributed by atoms with Gasteiger partial charge in [0, 0.05) is 19.5 Å². The average Bonchev–Trinajstić information content (AvgIpc) is 2.61. The highest BCUT2D eigenvalue weighted by Crippen LogP contribution is 2.20. The van der Waals surface area contributed by atoms with E-state index >= 15 is 0 Å². The largest absolute Gasteiger partial charge is 0.493 e. The smallest absolute Gasteiger partial charge is 0.222 e. The van der Waals surface area contributed by atoms with E-state index in [0.717, 1.165) is 70.5 Å². The molecule has 0 aliphatic carbocycles. The zero-order valence-corrected chi connectivity index (χ0v) is 15.3. The van der Waals surface area contributed by atoms with Gasteiger partial charge in [-0.1, -0.05) is 31.0 Å². The van der Waals surface area contributed by atoms with Crippen LogP contribution < -0.4 is 10.5 Å². The van der Waals surface area contributed by atoms with E-state index in [1.54, 1.807) is 0 Å². The van der Waals surface area contributed by atoms with Gasteiger partial charge >= 0.3 is 0 Å². The van der Waals surface area contributed by atoms with E-state index in [-0.39, 0.29) is 12.4 Å². The molecule has 1 heterocycles. The van der Waals surface area contributed by atoms with Gasteiger partial charge in [0.2, 0.25) is 5.91 Å². The van der Waals surface area contributed by atoms with E-state index in [2.05, 4.69) is 0 Å². The van der Waals surface area contributed by atoms with Crippen molar-refractivity contribution in [1.29, 1.82) is 0 Å². The minimum absolute atomic E-state index is 0. The molecule has 0 atom stereocenters. The van der Waals surface area contributed by atoms with Gasteiger partial charge in [0.15, 0.2) is 0 Å². The van der Waals surface area contributed by atoms with Crippen molar-refractivity contribution in [3.05, 3.63) is 30.3 Å². The third-order valence-corrected chi connectivity index (χ3v) is 4.54. The molecule has 24 heavy (non-hydrogen) atoms. The highest BCUT2D eigenvalue weighted by atomic mass is 35.5. The van der Waals surface area contributed by atoms with Crippen LogP contribution in [0, 0.1) is 5.92 Å². The minimum atomic E-state index is 0. The first-order valence-electron chi connectivity index (χ1n) is 8.95. The number of hydrogen-bond acceptors (Lipinski definition) is 3. The van der Waals surface area contributed by atoms with Crippen LogP contribution in [0.25, 0.3) is 0 Å². The number of piperidine rings is 1. The Labute approximate surface area is 152 Å². The van der Waals surface area contributed by atoms with Crippen LogP contribution in [0.15, 0.2) is 30.3 Å². The molecule has 0 saturated carbocycles. The number of ether oxygens (including phenoxy) is 1. The Morgan fingerprint density at radius 3 is 2.42 bits per heavy atom. The molecule has 0 spiro atoms. The summed E-state index contributed by atoms with van der Waals surface area (Å²) in [5.41, 5.74) is 5.48. The van der Waals surface area contributed by atoms with E-state index < -0.39 is 0 Å². The summed E-state index contributed by atoms with van der Waals surface area (Å²) in [6, 6.07) is 9.95. The highest BCUT2D eigenvalue weighted by molar-refractivity contribution is 5.85. The number of nitrogens with two attached hydrogens (primary N) is 1. The van der Waals surface area contributed by atoms with Gasteiger partial charge in [-0.25, -0.2) is 0 Å². The number of hydrogen-bond donors (Lipinski definition) is 1. The number of amides is 1. The second kappa shape index (κ2) is 12.2. The molecule has 2 rings (SSSR count). The SMILES string of the molecule is Cl.NCCCCCCC(=O)N1CCC(COc2ccccc2)CC1. The maximum absolute atomic E-state index is 12.2. The van der Waals surface area contributed by atoms with Crippen molar-refractivity contribution in [2.75, 3.05) is 26.2 Å². The summed E-state index contributed by atoms with van der Waals surface area (Å²) in [5, 5.41) is 0. The molecular weight excluding hydrogens is 324 g/mol. The highest BCUT2D eigenvalue weighted by Gasteiger charge is 2.22. The molecule has 0 unspecified atom stereocenters. The van der Waals surface area contributed by atoms with Crippen LogP contribution in [0.4, 0.5) is 0 Å². The topological polar surface area (TPSA) is 55.6 Å². The van der Waals surface area contributed by atoms with Crippen molar-refractivity contribution in [3.8, 4) is 5.75 Å². The van der Waals surface area contributed by atoms with Crippen LogP contribution in [-0.2, 0) is 4.79 Å². The van der Waals surface area contributed by atoms with Crippen molar-refractivity contribution in [3.63, 3.8) is 0 Å². The van der Waals surface area contributed by atoms with Gasteiger partial charge in [-0.05, 0) is 50.3 Å². The van der Waals surface area contributed by atoms with Crippen molar-refractivity contribution in [2.45, 2.75) is 44.9 Å². The normalized spacial score (nSPS) is 15.0. The number of carbonyl (C=O) groups excluding carboxylic acids is 1. The molecule has 1 saturated heterocycles. The number of benzene rings is 1. The standard InChI is InChI=1S/C19H30N2O2.ClH/c20-13-7-2-1-6-10-19(22)21-14-11-17(12-15-21)16-23-18-8-4-3-5-9-18;/h3-5,8-9,17H,1-2,6-7,10-16,20H2;1H. The third kappa shape index (κ3) is 7.54. The van der Waals surface area contributed by atoms with Crippen LogP contribution >= 0.6 is 12.4 Å². The Morgan fingerprint density at radius 1 is 1.08 bits per heavy atom. The maximum atomic E-state index is 12.2. The second-order valence-electron chi connectivity index (χ2n) is 6.40. The number of likely N-dealkylation sites (tertiary alicyclic amines) is 1.